The lowest BCUT2D eigenvalue weighted by atomic mass is 9.85. The van der Waals surface area contributed by atoms with Crippen molar-refractivity contribution in [3.63, 3.8) is 0 Å². The fraction of sp³-hybridized carbons (Fsp3) is 0.368. The Labute approximate surface area is 163 Å². The second-order valence-corrected chi connectivity index (χ2v) is 8.00. The summed E-state index contributed by atoms with van der Waals surface area (Å²) in [6, 6.07) is 7.06. The summed E-state index contributed by atoms with van der Waals surface area (Å²) in [7, 11) is 0. The summed E-state index contributed by atoms with van der Waals surface area (Å²) in [6.45, 7) is 2.02. The largest absolute Gasteiger partial charge is 0.433 e. The Hall–Kier alpha value is -1.86. The number of rotatable bonds is 3. The predicted molar refractivity (Wildman–Crippen MR) is 100 cm³/mol. The van der Waals surface area contributed by atoms with Crippen molar-refractivity contribution >= 4 is 22.9 Å². The lowest BCUT2D eigenvalue weighted by molar-refractivity contribution is -0.143. The molecule has 1 aliphatic carbocycles. The molecule has 0 unspecified atom stereocenters. The molecule has 0 N–H and O–H groups in total. The van der Waals surface area contributed by atoms with Crippen molar-refractivity contribution in [3.8, 4) is 16.4 Å². The second-order valence-electron chi connectivity index (χ2n) is 6.72. The van der Waals surface area contributed by atoms with Crippen LogP contribution < -0.4 is 0 Å². The Kier molecular flexibility index (Phi) is 4.76. The Balaban J connectivity index is 1.78. The van der Waals surface area contributed by atoms with Crippen LogP contribution in [0.2, 0.25) is 5.02 Å². The Morgan fingerprint density at radius 2 is 2.00 bits per heavy atom. The molecule has 0 saturated heterocycles. The SMILES string of the molecule is CC[C@H]1CCc2nn(-c3nc(-c4ccc(Cl)cc4)cs3)c(C(F)(F)F)c2C1. The van der Waals surface area contributed by atoms with Gasteiger partial charge >= 0.3 is 6.18 Å². The van der Waals surface area contributed by atoms with Crippen LogP contribution in [0.5, 0.6) is 0 Å². The minimum atomic E-state index is -4.47. The van der Waals surface area contributed by atoms with Crippen LogP contribution >= 0.6 is 22.9 Å². The van der Waals surface area contributed by atoms with Crippen LogP contribution in [0.15, 0.2) is 29.6 Å². The van der Waals surface area contributed by atoms with Gasteiger partial charge in [-0.05, 0) is 37.3 Å². The summed E-state index contributed by atoms with van der Waals surface area (Å²) in [5.74, 6) is 0.275. The normalized spacial score (nSPS) is 17.1. The summed E-state index contributed by atoms with van der Waals surface area (Å²) in [5, 5.41) is 6.87. The first-order chi connectivity index (χ1) is 12.9. The van der Waals surface area contributed by atoms with Gasteiger partial charge in [0.05, 0.1) is 11.4 Å². The molecule has 0 radical (unpaired) electrons. The van der Waals surface area contributed by atoms with E-state index in [2.05, 4.69) is 10.1 Å². The minimum Gasteiger partial charge on any atom is -0.218 e. The molecule has 0 aliphatic heterocycles. The van der Waals surface area contributed by atoms with Crippen molar-refractivity contribution in [1.82, 2.24) is 14.8 Å². The Bertz CT molecular complexity index is 960. The summed E-state index contributed by atoms with van der Waals surface area (Å²) in [4.78, 5) is 4.41. The van der Waals surface area contributed by atoms with E-state index in [9.17, 15) is 13.2 Å². The van der Waals surface area contributed by atoms with Crippen LogP contribution in [0, 0.1) is 5.92 Å². The van der Waals surface area contributed by atoms with Crippen molar-refractivity contribution in [3.05, 3.63) is 51.6 Å². The zero-order chi connectivity index (χ0) is 19.2. The first-order valence-electron chi connectivity index (χ1n) is 8.76. The molecule has 3 aromatic rings. The van der Waals surface area contributed by atoms with E-state index in [1.54, 1.807) is 29.6 Å². The molecule has 142 valence electrons. The van der Waals surface area contributed by atoms with Gasteiger partial charge in [0, 0.05) is 21.5 Å². The van der Waals surface area contributed by atoms with E-state index in [4.69, 9.17) is 11.6 Å². The van der Waals surface area contributed by atoms with E-state index in [1.807, 2.05) is 6.92 Å². The maximum absolute atomic E-state index is 13.9. The lowest BCUT2D eigenvalue weighted by Gasteiger charge is -2.21. The first-order valence-corrected chi connectivity index (χ1v) is 10.0. The lowest BCUT2D eigenvalue weighted by Crippen LogP contribution is -2.18. The summed E-state index contributed by atoms with van der Waals surface area (Å²) < 4.78 is 42.6. The number of hydrogen-bond donors (Lipinski definition) is 0. The molecule has 0 spiro atoms. The van der Waals surface area contributed by atoms with Gasteiger partial charge in [0.25, 0.3) is 0 Å². The summed E-state index contributed by atoms with van der Waals surface area (Å²) in [5.41, 5.74) is 1.63. The number of hydrogen-bond acceptors (Lipinski definition) is 3. The zero-order valence-corrected chi connectivity index (χ0v) is 16.1. The molecule has 2 heterocycles. The average molecular weight is 412 g/mol. The molecule has 0 saturated carbocycles. The topological polar surface area (TPSA) is 30.7 Å². The van der Waals surface area contributed by atoms with Crippen molar-refractivity contribution < 1.29 is 13.2 Å². The third kappa shape index (κ3) is 3.50. The maximum Gasteiger partial charge on any atom is 0.433 e. The van der Waals surface area contributed by atoms with E-state index >= 15 is 0 Å². The van der Waals surface area contributed by atoms with Gasteiger partial charge in [-0.3, -0.25) is 0 Å². The highest BCUT2D eigenvalue weighted by Gasteiger charge is 2.42. The molecule has 3 nitrogen and oxygen atoms in total. The van der Waals surface area contributed by atoms with Gasteiger partial charge in [-0.2, -0.15) is 18.3 Å². The van der Waals surface area contributed by atoms with Crippen LogP contribution in [-0.4, -0.2) is 14.8 Å². The first kappa shape index (κ1) is 18.5. The molecule has 0 amide bonds. The van der Waals surface area contributed by atoms with Gasteiger partial charge in [0.15, 0.2) is 5.69 Å². The van der Waals surface area contributed by atoms with E-state index in [0.717, 1.165) is 34.4 Å². The second kappa shape index (κ2) is 6.95. The molecule has 27 heavy (non-hydrogen) atoms. The number of fused-ring (bicyclic) bond motifs is 1. The molecule has 1 aliphatic rings. The highest BCUT2D eigenvalue weighted by molar-refractivity contribution is 7.12. The molecule has 8 heteroatoms. The predicted octanol–water partition coefficient (Wildman–Crippen LogP) is 6.18. The van der Waals surface area contributed by atoms with Gasteiger partial charge in [-0.15, -0.1) is 11.3 Å². The van der Waals surface area contributed by atoms with E-state index in [1.165, 1.54) is 0 Å². The fourth-order valence-electron chi connectivity index (χ4n) is 3.54. The summed E-state index contributed by atoms with van der Waals surface area (Å²) in [6.07, 6.45) is -1.71. The molecule has 0 fully saturated rings. The van der Waals surface area contributed by atoms with Crippen LogP contribution in [0.4, 0.5) is 13.2 Å². The third-order valence-electron chi connectivity index (χ3n) is 5.01. The number of alkyl halides is 3. The van der Waals surface area contributed by atoms with Gasteiger partial charge < -0.3 is 0 Å². The van der Waals surface area contributed by atoms with E-state index in [-0.39, 0.29) is 11.0 Å². The molecule has 4 rings (SSSR count). The van der Waals surface area contributed by atoms with Gasteiger partial charge in [0.1, 0.15) is 0 Å². The van der Waals surface area contributed by atoms with Crippen LogP contribution in [0.25, 0.3) is 16.4 Å². The van der Waals surface area contributed by atoms with Gasteiger partial charge in [-0.25, -0.2) is 9.67 Å². The number of nitrogens with zero attached hydrogens (tertiary/aromatic N) is 3. The Morgan fingerprint density at radius 3 is 2.67 bits per heavy atom. The van der Waals surface area contributed by atoms with Crippen LogP contribution in [-0.2, 0) is 19.0 Å². The zero-order valence-electron chi connectivity index (χ0n) is 14.6. The third-order valence-corrected chi connectivity index (χ3v) is 6.08. The monoisotopic (exact) mass is 411 g/mol. The maximum atomic E-state index is 13.9. The molecule has 1 atom stereocenters. The van der Waals surface area contributed by atoms with Crippen molar-refractivity contribution in [2.45, 2.75) is 38.8 Å². The molecule has 1 aromatic carbocycles. The van der Waals surface area contributed by atoms with E-state index < -0.39 is 11.9 Å². The molecular weight excluding hydrogens is 395 g/mol. The number of halogens is 4. The van der Waals surface area contributed by atoms with E-state index in [0.29, 0.717) is 34.8 Å². The van der Waals surface area contributed by atoms with Crippen molar-refractivity contribution in [1.29, 1.82) is 0 Å². The quantitative estimate of drug-likeness (QED) is 0.515. The number of thiazole rings is 1. The van der Waals surface area contributed by atoms with Gasteiger partial charge in [0.2, 0.25) is 5.13 Å². The highest BCUT2D eigenvalue weighted by Crippen LogP contribution is 2.40. The van der Waals surface area contributed by atoms with Crippen LogP contribution in [0.1, 0.15) is 36.7 Å². The van der Waals surface area contributed by atoms with Crippen molar-refractivity contribution in [2.24, 2.45) is 5.92 Å². The number of aryl methyl sites for hydroxylation is 1. The number of aromatic nitrogens is 3. The van der Waals surface area contributed by atoms with Gasteiger partial charge in [-0.1, -0.05) is 37.1 Å². The summed E-state index contributed by atoms with van der Waals surface area (Å²) >= 11 is 7.05. The smallest absolute Gasteiger partial charge is 0.218 e. The van der Waals surface area contributed by atoms with Crippen molar-refractivity contribution in [2.75, 3.05) is 0 Å². The standard InChI is InChI=1S/C19H17ClF3N3S/c1-2-11-3-8-15-14(9-11)17(19(21,22)23)26(25-15)18-24-16(10-27-18)12-4-6-13(20)7-5-12/h4-7,10-11H,2-3,8-9H2,1H3/t11-/m0/s1. The number of benzene rings is 1. The highest BCUT2D eigenvalue weighted by atomic mass is 35.5. The Morgan fingerprint density at radius 1 is 1.26 bits per heavy atom. The minimum absolute atomic E-state index is 0.231. The molecule has 0 bridgehead atoms. The molecule has 2 aromatic heterocycles. The molecular formula is C19H17ClF3N3S. The fourth-order valence-corrected chi connectivity index (χ4v) is 4.45. The van der Waals surface area contributed by atoms with Crippen LogP contribution in [0.3, 0.4) is 0 Å². The average Bonchev–Trinajstić information content (AvgIpc) is 3.25.